The van der Waals surface area contributed by atoms with Crippen molar-refractivity contribution in [2.75, 3.05) is 5.75 Å². The normalized spacial score (nSPS) is 33.2. The highest BCUT2D eigenvalue weighted by Crippen LogP contribution is 2.65. The van der Waals surface area contributed by atoms with Gasteiger partial charge in [0, 0.05) is 12.0 Å². The number of rotatable bonds is 5. The van der Waals surface area contributed by atoms with Crippen LogP contribution in [0.25, 0.3) is 0 Å². The van der Waals surface area contributed by atoms with Crippen LogP contribution in [0.5, 0.6) is 0 Å². The van der Waals surface area contributed by atoms with E-state index >= 15 is 0 Å². The number of nitrogens with one attached hydrogen (secondary N) is 1. The predicted molar refractivity (Wildman–Crippen MR) is 86.6 cm³/mol. The summed E-state index contributed by atoms with van der Waals surface area (Å²) in [6.07, 6.45) is 2.06. The molecule has 2 N–H and O–H groups in total. The van der Waals surface area contributed by atoms with E-state index in [2.05, 4.69) is 18.6 Å². The Kier molecular flexibility index (Phi) is 3.86. The second-order valence-corrected chi connectivity index (χ2v) is 9.24. The molecule has 2 aliphatic rings. The maximum absolute atomic E-state index is 12.6. The van der Waals surface area contributed by atoms with Crippen molar-refractivity contribution in [3.05, 3.63) is 35.9 Å². The summed E-state index contributed by atoms with van der Waals surface area (Å²) in [6.45, 7) is 4.54. The van der Waals surface area contributed by atoms with E-state index in [1.54, 1.807) is 0 Å². The largest absolute Gasteiger partial charge is 0.392 e. The number of hydrogen-bond acceptors (Lipinski definition) is 3. The number of aliphatic hydroxyl groups excluding tert-OH is 1. The molecule has 0 saturated heterocycles. The highest BCUT2D eigenvalue weighted by molar-refractivity contribution is 7.89. The molecule has 5 heteroatoms. The third kappa shape index (κ3) is 2.49. The van der Waals surface area contributed by atoms with Crippen LogP contribution in [0.2, 0.25) is 0 Å². The zero-order chi connectivity index (χ0) is 16.0. The summed E-state index contributed by atoms with van der Waals surface area (Å²) in [6, 6.07) is 9.51. The minimum Gasteiger partial charge on any atom is -0.392 e. The molecule has 0 radical (unpaired) electrons. The lowest BCUT2D eigenvalue weighted by molar-refractivity contribution is 0.0152. The van der Waals surface area contributed by atoms with Gasteiger partial charge in [0.05, 0.1) is 11.9 Å². The molecule has 122 valence electrons. The number of aliphatic hydroxyl groups is 1. The Hall–Kier alpha value is -0.910. The third-order valence-corrected chi connectivity index (χ3v) is 7.65. The third-order valence-electron chi connectivity index (χ3n) is 6.18. The fourth-order valence-corrected chi connectivity index (χ4v) is 6.43. The van der Waals surface area contributed by atoms with Crippen molar-refractivity contribution >= 4 is 10.0 Å². The predicted octanol–water partition coefficient (Wildman–Crippen LogP) is 2.29. The molecule has 1 unspecified atom stereocenters. The van der Waals surface area contributed by atoms with Crippen molar-refractivity contribution in [3.8, 4) is 0 Å². The second kappa shape index (κ2) is 5.32. The van der Waals surface area contributed by atoms with Crippen molar-refractivity contribution < 1.29 is 13.5 Å². The van der Waals surface area contributed by atoms with Crippen molar-refractivity contribution in [2.45, 2.75) is 45.8 Å². The van der Waals surface area contributed by atoms with Gasteiger partial charge in [0.1, 0.15) is 0 Å². The summed E-state index contributed by atoms with van der Waals surface area (Å²) in [5, 5.41) is 10.5. The number of hydrogen-bond donors (Lipinski definition) is 2. The summed E-state index contributed by atoms with van der Waals surface area (Å²) < 4.78 is 27.8. The number of benzene rings is 1. The van der Waals surface area contributed by atoms with Gasteiger partial charge >= 0.3 is 0 Å². The van der Waals surface area contributed by atoms with Crippen LogP contribution in [0, 0.1) is 16.7 Å². The molecule has 1 aromatic carbocycles. The van der Waals surface area contributed by atoms with Gasteiger partial charge in [-0.1, -0.05) is 44.2 Å². The van der Waals surface area contributed by atoms with Gasteiger partial charge in [0.25, 0.3) is 0 Å². The Morgan fingerprint density at radius 3 is 2.50 bits per heavy atom. The Labute approximate surface area is 133 Å². The van der Waals surface area contributed by atoms with Crippen LogP contribution >= 0.6 is 0 Å². The molecule has 0 amide bonds. The summed E-state index contributed by atoms with van der Waals surface area (Å²) in [5.41, 5.74) is 0.327. The van der Waals surface area contributed by atoms with Crippen molar-refractivity contribution in [1.29, 1.82) is 0 Å². The van der Waals surface area contributed by atoms with Gasteiger partial charge in [0.2, 0.25) is 10.0 Å². The number of sulfonamides is 1. The molecule has 0 heterocycles. The van der Waals surface area contributed by atoms with E-state index in [9.17, 15) is 13.5 Å². The Bertz CT molecular complexity index is 641. The first-order chi connectivity index (χ1) is 10.3. The molecule has 2 saturated carbocycles. The minimum absolute atomic E-state index is 0.0253. The topological polar surface area (TPSA) is 66.4 Å². The van der Waals surface area contributed by atoms with Crippen molar-refractivity contribution in [1.82, 2.24) is 4.72 Å². The minimum atomic E-state index is -3.42. The SMILES string of the molecule is CC1(C)[C@H]2CC[C@@]1(CS(=O)(=O)NCc1ccccc1)C(O)C2. The molecule has 0 spiro atoms. The molecular weight excluding hydrogens is 298 g/mol. The monoisotopic (exact) mass is 323 g/mol. The van der Waals surface area contributed by atoms with Crippen LogP contribution in [0.15, 0.2) is 30.3 Å². The fraction of sp³-hybridized carbons (Fsp3) is 0.647. The van der Waals surface area contributed by atoms with Gasteiger partial charge in [-0.15, -0.1) is 0 Å². The highest BCUT2D eigenvalue weighted by atomic mass is 32.2. The molecule has 0 aromatic heterocycles. The second-order valence-electron chi connectivity index (χ2n) is 7.43. The maximum Gasteiger partial charge on any atom is 0.212 e. The van der Waals surface area contributed by atoms with Crippen LogP contribution in [-0.2, 0) is 16.6 Å². The van der Waals surface area contributed by atoms with E-state index in [1.165, 1.54) is 0 Å². The summed E-state index contributed by atoms with van der Waals surface area (Å²) in [5.74, 6) is 0.462. The van der Waals surface area contributed by atoms with Gasteiger partial charge < -0.3 is 5.11 Å². The Balaban J connectivity index is 1.74. The molecule has 1 aromatic rings. The molecule has 2 bridgehead atoms. The van der Waals surface area contributed by atoms with Gasteiger partial charge in [-0.05, 0) is 36.2 Å². The molecule has 2 fully saturated rings. The van der Waals surface area contributed by atoms with Crippen LogP contribution in [0.4, 0.5) is 0 Å². The van der Waals surface area contributed by atoms with Crippen LogP contribution in [-0.4, -0.2) is 25.4 Å². The van der Waals surface area contributed by atoms with E-state index < -0.39 is 21.5 Å². The molecular formula is C17H25NO3S. The zero-order valence-corrected chi connectivity index (χ0v) is 14.1. The summed E-state index contributed by atoms with van der Waals surface area (Å²) in [7, 11) is -3.42. The lowest BCUT2D eigenvalue weighted by Crippen LogP contribution is -2.47. The Morgan fingerprint density at radius 2 is 1.95 bits per heavy atom. The van der Waals surface area contributed by atoms with E-state index in [1.807, 2.05) is 30.3 Å². The van der Waals surface area contributed by atoms with Crippen molar-refractivity contribution in [3.63, 3.8) is 0 Å². The summed E-state index contributed by atoms with van der Waals surface area (Å²) in [4.78, 5) is 0. The van der Waals surface area contributed by atoms with Gasteiger partial charge in [-0.2, -0.15) is 0 Å². The first-order valence-electron chi connectivity index (χ1n) is 7.96. The fourth-order valence-electron chi connectivity index (χ4n) is 4.56. The van der Waals surface area contributed by atoms with E-state index in [0.29, 0.717) is 12.5 Å². The quantitative estimate of drug-likeness (QED) is 0.874. The lowest BCUT2D eigenvalue weighted by Gasteiger charge is -2.40. The van der Waals surface area contributed by atoms with E-state index in [-0.39, 0.29) is 11.2 Å². The van der Waals surface area contributed by atoms with E-state index in [0.717, 1.165) is 24.8 Å². The zero-order valence-electron chi connectivity index (χ0n) is 13.2. The molecule has 3 rings (SSSR count). The molecule has 22 heavy (non-hydrogen) atoms. The maximum atomic E-state index is 12.6. The first kappa shape index (κ1) is 16.0. The summed E-state index contributed by atoms with van der Waals surface area (Å²) >= 11 is 0. The van der Waals surface area contributed by atoms with Gasteiger partial charge in [0.15, 0.2) is 0 Å². The van der Waals surface area contributed by atoms with E-state index in [4.69, 9.17) is 0 Å². The highest BCUT2D eigenvalue weighted by Gasteiger charge is 2.64. The first-order valence-corrected chi connectivity index (χ1v) is 9.61. The smallest absolute Gasteiger partial charge is 0.212 e. The van der Waals surface area contributed by atoms with Crippen LogP contribution < -0.4 is 4.72 Å². The molecule has 4 nitrogen and oxygen atoms in total. The van der Waals surface area contributed by atoms with Crippen LogP contribution in [0.1, 0.15) is 38.7 Å². The Morgan fingerprint density at radius 1 is 1.27 bits per heavy atom. The van der Waals surface area contributed by atoms with Gasteiger partial charge in [-0.3, -0.25) is 0 Å². The molecule has 2 aliphatic carbocycles. The molecule has 0 aliphatic heterocycles. The molecule has 3 atom stereocenters. The lowest BCUT2D eigenvalue weighted by atomic mass is 9.70. The average molecular weight is 323 g/mol. The standard InChI is InChI=1S/C17H25NO3S/c1-16(2)14-8-9-17(16,15(19)10-14)12-22(20,21)18-11-13-6-4-3-5-7-13/h3-7,14-15,18-19H,8-12H2,1-2H3/t14-,15?,17+/m0/s1. The van der Waals surface area contributed by atoms with Gasteiger partial charge in [-0.25, -0.2) is 13.1 Å². The number of fused-ring (bicyclic) bond motifs is 2. The van der Waals surface area contributed by atoms with Crippen LogP contribution in [0.3, 0.4) is 0 Å². The van der Waals surface area contributed by atoms with Crippen molar-refractivity contribution in [2.24, 2.45) is 16.7 Å². The average Bonchev–Trinajstić information content (AvgIpc) is 2.80.